The van der Waals surface area contributed by atoms with E-state index >= 15 is 0 Å². The molecule has 2 rings (SSSR count). The molecule has 0 fully saturated rings. The van der Waals surface area contributed by atoms with Crippen LogP contribution in [0.2, 0.25) is 0 Å². The Balaban J connectivity index is 2.11. The van der Waals surface area contributed by atoms with Crippen molar-refractivity contribution in [3.8, 4) is 17.4 Å². The first-order valence-corrected chi connectivity index (χ1v) is 6.33. The van der Waals surface area contributed by atoms with Gasteiger partial charge in [-0.3, -0.25) is 0 Å². The maximum absolute atomic E-state index is 5.73. The molecule has 0 amide bonds. The molecule has 4 heteroatoms. The second-order valence-electron chi connectivity index (χ2n) is 4.01. The van der Waals surface area contributed by atoms with Gasteiger partial charge in [0.2, 0.25) is 5.88 Å². The zero-order valence-corrected chi connectivity index (χ0v) is 11.2. The van der Waals surface area contributed by atoms with E-state index in [1.54, 1.807) is 0 Å². The summed E-state index contributed by atoms with van der Waals surface area (Å²) in [6.07, 6.45) is 0. The second kappa shape index (κ2) is 6.75. The van der Waals surface area contributed by atoms with Crippen molar-refractivity contribution >= 4 is 0 Å². The van der Waals surface area contributed by atoms with Gasteiger partial charge in [0.25, 0.3) is 0 Å². The van der Waals surface area contributed by atoms with Gasteiger partial charge in [-0.05, 0) is 32.2 Å². The third kappa shape index (κ3) is 3.96. The van der Waals surface area contributed by atoms with Gasteiger partial charge in [0, 0.05) is 18.7 Å². The molecule has 1 aromatic heterocycles. The Morgan fingerprint density at radius 3 is 2.68 bits per heavy atom. The summed E-state index contributed by atoms with van der Waals surface area (Å²) >= 11 is 0. The Morgan fingerprint density at radius 1 is 1.11 bits per heavy atom. The minimum Gasteiger partial charge on any atom is -0.494 e. The van der Waals surface area contributed by atoms with Crippen molar-refractivity contribution in [2.24, 2.45) is 0 Å². The van der Waals surface area contributed by atoms with Crippen LogP contribution in [0.1, 0.15) is 12.6 Å². The lowest BCUT2D eigenvalue weighted by Crippen LogP contribution is -2.06. The number of ether oxygens (including phenoxy) is 2. The fraction of sp³-hybridized carbons (Fsp3) is 0.267. The fourth-order valence-electron chi connectivity index (χ4n) is 1.71. The van der Waals surface area contributed by atoms with Crippen LogP contribution < -0.4 is 14.8 Å². The van der Waals surface area contributed by atoms with E-state index in [4.69, 9.17) is 9.47 Å². The lowest BCUT2D eigenvalue weighted by molar-refractivity contribution is 0.338. The number of nitrogens with one attached hydrogen (secondary N) is 1. The van der Waals surface area contributed by atoms with Crippen LogP contribution in [0.3, 0.4) is 0 Å². The molecule has 0 bridgehead atoms. The van der Waals surface area contributed by atoms with Crippen molar-refractivity contribution in [1.29, 1.82) is 0 Å². The molecule has 100 valence electrons. The SMILES string of the molecule is CCOc1cccc(Oc2cccc(CNC)n2)c1. The van der Waals surface area contributed by atoms with Gasteiger partial charge < -0.3 is 14.8 Å². The van der Waals surface area contributed by atoms with E-state index < -0.39 is 0 Å². The normalized spacial score (nSPS) is 10.2. The summed E-state index contributed by atoms with van der Waals surface area (Å²) in [7, 11) is 1.89. The lowest BCUT2D eigenvalue weighted by Gasteiger charge is -2.08. The molecule has 0 saturated carbocycles. The van der Waals surface area contributed by atoms with Crippen molar-refractivity contribution in [2.75, 3.05) is 13.7 Å². The highest BCUT2D eigenvalue weighted by molar-refractivity contribution is 5.35. The van der Waals surface area contributed by atoms with Crippen LogP contribution in [0.15, 0.2) is 42.5 Å². The van der Waals surface area contributed by atoms with Gasteiger partial charge in [-0.2, -0.15) is 0 Å². The van der Waals surface area contributed by atoms with Gasteiger partial charge in [0.15, 0.2) is 0 Å². The van der Waals surface area contributed by atoms with Gasteiger partial charge in [-0.15, -0.1) is 0 Å². The molecular formula is C15H18N2O2. The minimum absolute atomic E-state index is 0.585. The summed E-state index contributed by atoms with van der Waals surface area (Å²) in [6, 6.07) is 13.3. The molecule has 0 saturated heterocycles. The summed E-state index contributed by atoms with van der Waals surface area (Å²) in [5.74, 6) is 2.10. The number of pyridine rings is 1. The van der Waals surface area contributed by atoms with Crippen molar-refractivity contribution in [2.45, 2.75) is 13.5 Å². The molecule has 1 heterocycles. The van der Waals surface area contributed by atoms with E-state index in [9.17, 15) is 0 Å². The Hall–Kier alpha value is -2.07. The lowest BCUT2D eigenvalue weighted by atomic mass is 10.3. The fourth-order valence-corrected chi connectivity index (χ4v) is 1.71. The van der Waals surface area contributed by atoms with Crippen LogP contribution in [0.25, 0.3) is 0 Å². The quantitative estimate of drug-likeness (QED) is 0.865. The molecule has 0 aliphatic rings. The third-order valence-corrected chi connectivity index (χ3v) is 2.48. The molecular weight excluding hydrogens is 240 g/mol. The molecule has 0 spiro atoms. The van der Waals surface area contributed by atoms with Crippen LogP contribution in [0.5, 0.6) is 17.4 Å². The Morgan fingerprint density at radius 2 is 1.89 bits per heavy atom. The maximum atomic E-state index is 5.73. The van der Waals surface area contributed by atoms with Gasteiger partial charge in [-0.1, -0.05) is 12.1 Å². The Bertz CT molecular complexity index is 482. The van der Waals surface area contributed by atoms with Crippen LogP contribution in [-0.2, 0) is 6.54 Å². The zero-order valence-electron chi connectivity index (χ0n) is 11.2. The molecule has 4 nitrogen and oxygen atoms in total. The van der Waals surface area contributed by atoms with Gasteiger partial charge in [0.05, 0.1) is 12.3 Å². The molecule has 0 aliphatic heterocycles. The number of aromatic nitrogens is 1. The summed E-state index contributed by atoms with van der Waals surface area (Å²) < 4.78 is 11.2. The standard InChI is InChI=1S/C15H18N2O2/c1-3-18-13-7-5-8-14(10-13)19-15-9-4-6-12(17-15)11-16-2/h4-10,16H,3,11H2,1-2H3. The topological polar surface area (TPSA) is 43.4 Å². The molecule has 0 unspecified atom stereocenters. The van der Waals surface area contributed by atoms with Crippen LogP contribution in [0, 0.1) is 0 Å². The Kier molecular flexibility index (Phi) is 4.75. The first-order valence-electron chi connectivity index (χ1n) is 6.33. The number of rotatable bonds is 6. The van der Waals surface area contributed by atoms with E-state index in [1.807, 2.05) is 56.4 Å². The Labute approximate surface area is 113 Å². The molecule has 1 N–H and O–H groups in total. The first-order chi connectivity index (χ1) is 9.31. The highest BCUT2D eigenvalue weighted by atomic mass is 16.5. The monoisotopic (exact) mass is 258 g/mol. The number of nitrogens with zero attached hydrogens (tertiary/aromatic N) is 1. The van der Waals surface area contributed by atoms with Crippen LogP contribution in [-0.4, -0.2) is 18.6 Å². The van der Waals surface area contributed by atoms with E-state index in [2.05, 4.69) is 10.3 Å². The highest BCUT2D eigenvalue weighted by Gasteiger charge is 2.02. The summed E-state index contributed by atoms with van der Waals surface area (Å²) in [6.45, 7) is 3.31. The van der Waals surface area contributed by atoms with Gasteiger partial charge in [-0.25, -0.2) is 4.98 Å². The molecule has 0 aliphatic carbocycles. The number of hydrogen-bond donors (Lipinski definition) is 1. The zero-order chi connectivity index (χ0) is 13.5. The van der Waals surface area contributed by atoms with E-state index in [1.165, 1.54) is 0 Å². The van der Waals surface area contributed by atoms with E-state index in [0.717, 1.165) is 23.7 Å². The predicted octanol–water partition coefficient (Wildman–Crippen LogP) is 2.99. The number of benzene rings is 1. The van der Waals surface area contributed by atoms with Crippen molar-refractivity contribution in [3.05, 3.63) is 48.2 Å². The van der Waals surface area contributed by atoms with Gasteiger partial charge in [0.1, 0.15) is 11.5 Å². The average Bonchev–Trinajstić information content (AvgIpc) is 2.40. The van der Waals surface area contributed by atoms with Crippen molar-refractivity contribution in [3.63, 3.8) is 0 Å². The summed E-state index contributed by atoms with van der Waals surface area (Å²) in [5.41, 5.74) is 0.945. The minimum atomic E-state index is 0.585. The average molecular weight is 258 g/mol. The van der Waals surface area contributed by atoms with Crippen LogP contribution >= 0.6 is 0 Å². The molecule has 2 aromatic rings. The molecule has 1 aromatic carbocycles. The van der Waals surface area contributed by atoms with Crippen molar-refractivity contribution < 1.29 is 9.47 Å². The smallest absolute Gasteiger partial charge is 0.219 e. The van der Waals surface area contributed by atoms with Crippen molar-refractivity contribution in [1.82, 2.24) is 10.3 Å². The van der Waals surface area contributed by atoms with E-state index in [-0.39, 0.29) is 0 Å². The summed E-state index contributed by atoms with van der Waals surface area (Å²) in [5, 5.41) is 3.06. The third-order valence-electron chi connectivity index (χ3n) is 2.48. The number of hydrogen-bond acceptors (Lipinski definition) is 4. The second-order valence-corrected chi connectivity index (χ2v) is 4.01. The maximum Gasteiger partial charge on any atom is 0.219 e. The highest BCUT2D eigenvalue weighted by Crippen LogP contribution is 2.24. The van der Waals surface area contributed by atoms with Gasteiger partial charge >= 0.3 is 0 Å². The van der Waals surface area contributed by atoms with E-state index in [0.29, 0.717) is 12.5 Å². The molecule has 0 atom stereocenters. The van der Waals surface area contributed by atoms with Crippen LogP contribution in [0.4, 0.5) is 0 Å². The molecule has 19 heavy (non-hydrogen) atoms. The predicted molar refractivity (Wildman–Crippen MR) is 74.7 cm³/mol. The molecule has 0 radical (unpaired) electrons. The largest absolute Gasteiger partial charge is 0.494 e. The first kappa shape index (κ1) is 13.4. The summed E-state index contributed by atoms with van der Waals surface area (Å²) in [4.78, 5) is 4.41.